The molecule has 32 heavy (non-hydrogen) atoms. The van der Waals surface area contributed by atoms with Gasteiger partial charge in [-0.3, -0.25) is 0 Å². The number of piperidine rings is 1. The Labute approximate surface area is 190 Å². The predicted molar refractivity (Wildman–Crippen MR) is 117 cm³/mol. The largest absolute Gasteiger partial charge is 0.493 e. The molecule has 5 nitrogen and oxygen atoms in total. The van der Waals surface area contributed by atoms with Gasteiger partial charge < -0.3 is 14.6 Å². The Kier molecular flexibility index (Phi) is 8.15. The van der Waals surface area contributed by atoms with E-state index in [0.29, 0.717) is 12.3 Å². The number of aryl methyl sites for hydroxylation is 1. The number of hydrogen-bond donors (Lipinski definition) is 1. The summed E-state index contributed by atoms with van der Waals surface area (Å²) in [6.07, 6.45) is -1.28. The monoisotopic (exact) mass is 467 g/mol. The highest BCUT2D eigenvalue weighted by atomic mass is 35.5. The SMILES string of the molecule is Cl.FC(F)(F)c1cc(-c2noc([C@@H]3CCCNC3)n2)ccc1OCCCc1ccccc1. The molecule has 0 bridgehead atoms. The Morgan fingerprint density at radius 2 is 1.94 bits per heavy atom. The summed E-state index contributed by atoms with van der Waals surface area (Å²) >= 11 is 0. The highest BCUT2D eigenvalue weighted by molar-refractivity contribution is 5.85. The van der Waals surface area contributed by atoms with Crippen molar-refractivity contribution in [3.63, 3.8) is 0 Å². The minimum absolute atomic E-state index is 0. The van der Waals surface area contributed by atoms with Gasteiger partial charge in [-0.25, -0.2) is 0 Å². The lowest BCUT2D eigenvalue weighted by Gasteiger charge is -2.18. The van der Waals surface area contributed by atoms with Gasteiger partial charge in [-0.15, -0.1) is 12.4 Å². The van der Waals surface area contributed by atoms with Crippen LogP contribution in [0.15, 0.2) is 53.1 Å². The van der Waals surface area contributed by atoms with E-state index in [-0.39, 0.29) is 42.1 Å². The number of benzene rings is 2. The zero-order chi connectivity index (χ0) is 21.7. The van der Waals surface area contributed by atoms with Crippen LogP contribution in [0.5, 0.6) is 5.75 Å². The molecule has 0 amide bonds. The van der Waals surface area contributed by atoms with Crippen LogP contribution in [-0.2, 0) is 12.6 Å². The minimum Gasteiger partial charge on any atom is -0.493 e. The van der Waals surface area contributed by atoms with E-state index in [0.717, 1.165) is 44.0 Å². The number of aromatic nitrogens is 2. The average Bonchev–Trinajstić information content (AvgIpc) is 3.28. The van der Waals surface area contributed by atoms with Crippen molar-refractivity contribution < 1.29 is 22.4 Å². The Balaban J connectivity index is 0.00000289. The van der Waals surface area contributed by atoms with Crippen molar-refractivity contribution in [1.29, 1.82) is 0 Å². The maximum Gasteiger partial charge on any atom is 0.419 e. The second-order valence-corrected chi connectivity index (χ2v) is 7.65. The van der Waals surface area contributed by atoms with E-state index in [4.69, 9.17) is 9.26 Å². The van der Waals surface area contributed by atoms with Gasteiger partial charge in [-0.1, -0.05) is 35.5 Å². The van der Waals surface area contributed by atoms with E-state index in [1.165, 1.54) is 12.1 Å². The van der Waals surface area contributed by atoms with Gasteiger partial charge in [0.2, 0.25) is 11.7 Å². The van der Waals surface area contributed by atoms with E-state index in [9.17, 15) is 13.2 Å². The van der Waals surface area contributed by atoms with Crippen LogP contribution < -0.4 is 10.1 Å². The van der Waals surface area contributed by atoms with E-state index >= 15 is 0 Å². The fraction of sp³-hybridized carbons (Fsp3) is 0.391. The van der Waals surface area contributed by atoms with Crippen molar-refractivity contribution >= 4 is 12.4 Å². The minimum atomic E-state index is -4.55. The molecule has 0 saturated carbocycles. The summed E-state index contributed by atoms with van der Waals surface area (Å²) < 4.78 is 51.8. The molecule has 0 aliphatic carbocycles. The second-order valence-electron chi connectivity index (χ2n) is 7.65. The van der Waals surface area contributed by atoms with Crippen molar-refractivity contribution in [2.24, 2.45) is 0 Å². The smallest absolute Gasteiger partial charge is 0.419 e. The highest BCUT2D eigenvalue weighted by Crippen LogP contribution is 2.38. The van der Waals surface area contributed by atoms with Gasteiger partial charge in [-0.2, -0.15) is 18.2 Å². The van der Waals surface area contributed by atoms with Crippen molar-refractivity contribution in [3.05, 3.63) is 65.5 Å². The van der Waals surface area contributed by atoms with Gasteiger partial charge in [0.15, 0.2) is 0 Å². The second kappa shape index (κ2) is 10.8. The first kappa shape index (κ1) is 24.1. The first-order valence-electron chi connectivity index (χ1n) is 10.4. The predicted octanol–water partition coefficient (Wildman–Crippen LogP) is 5.66. The Morgan fingerprint density at radius 3 is 2.66 bits per heavy atom. The topological polar surface area (TPSA) is 60.2 Å². The molecule has 1 atom stereocenters. The number of alkyl halides is 3. The molecule has 1 aliphatic heterocycles. The first-order valence-corrected chi connectivity index (χ1v) is 10.4. The fourth-order valence-corrected chi connectivity index (χ4v) is 3.70. The Hall–Kier alpha value is -2.58. The summed E-state index contributed by atoms with van der Waals surface area (Å²) in [6.45, 7) is 1.86. The van der Waals surface area contributed by atoms with Crippen LogP contribution in [-0.4, -0.2) is 29.8 Å². The number of hydrogen-bond acceptors (Lipinski definition) is 5. The van der Waals surface area contributed by atoms with Crippen LogP contribution in [0.1, 0.15) is 42.2 Å². The Bertz CT molecular complexity index is 990. The molecule has 9 heteroatoms. The highest BCUT2D eigenvalue weighted by Gasteiger charge is 2.35. The van der Waals surface area contributed by atoms with Gasteiger partial charge in [-0.05, 0) is 56.0 Å². The van der Waals surface area contributed by atoms with Gasteiger partial charge >= 0.3 is 6.18 Å². The molecule has 1 aromatic heterocycles. The standard InChI is InChI=1S/C23H24F3N3O2.ClH/c24-23(25,26)19-14-17(21-28-22(31-29-21)18-9-4-12-27-15-18)10-11-20(19)30-13-5-8-16-6-2-1-3-7-16;/h1-3,6-7,10-11,14,18,27H,4-5,8-9,12-13,15H2;1H/t18-;/m1./s1. The first-order chi connectivity index (χ1) is 15.0. The molecular formula is C23H25ClF3N3O2. The number of nitrogens with zero attached hydrogens (tertiary/aromatic N) is 2. The van der Waals surface area contributed by atoms with Crippen LogP contribution in [0, 0.1) is 0 Å². The van der Waals surface area contributed by atoms with E-state index in [1.807, 2.05) is 30.3 Å². The van der Waals surface area contributed by atoms with Crippen LogP contribution in [0.2, 0.25) is 0 Å². The van der Waals surface area contributed by atoms with Crippen LogP contribution in [0.4, 0.5) is 13.2 Å². The Morgan fingerprint density at radius 1 is 1.12 bits per heavy atom. The quantitative estimate of drug-likeness (QED) is 0.454. The van der Waals surface area contributed by atoms with Gasteiger partial charge in [0.05, 0.1) is 18.1 Å². The lowest BCUT2D eigenvalue weighted by molar-refractivity contribution is -0.138. The molecule has 172 valence electrons. The van der Waals surface area contributed by atoms with Gasteiger partial charge in [0, 0.05) is 12.1 Å². The molecule has 0 radical (unpaired) electrons. The lowest BCUT2D eigenvalue weighted by Crippen LogP contribution is -2.28. The number of halogens is 4. The molecule has 2 aromatic carbocycles. The van der Waals surface area contributed by atoms with Crippen LogP contribution in [0.3, 0.4) is 0 Å². The number of rotatable bonds is 7. The fourth-order valence-electron chi connectivity index (χ4n) is 3.70. The number of nitrogens with one attached hydrogen (secondary N) is 1. The van der Waals surface area contributed by atoms with Crippen molar-refractivity contribution in [3.8, 4) is 17.1 Å². The maximum atomic E-state index is 13.7. The molecule has 4 rings (SSSR count). The van der Waals surface area contributed by atoms with Gasteiger partial charge in [0.25, 0.3) is 0 Å². The third-order valence-electron chi connectivity index (χ3n) is 5.34. The molecule has 1 aliphatic rings. The summed E-state index contributed by atoms with van der Waals surface area (Å²) in [7, 11) is 0. The summed E-state index contributed by atoms with van der Waals surface area (Å²) in [4.78, 5) is 4.34. The third kappa shape index (κ3) is 6.01. The molecule has 2 heterocycles. The lowest BCUT2D eigenvalue weighted by atomic mass is 10.00. The average molecular weight is 468 g/mol. The van der Waals surface area contributed by atoms with E-state index in [2.05, 4.69) is 15.5 Å². The molecule has 3 aromatic rings. The normalized spacial score (nSPS) is 16.4. The third-order valence-corrected chi connectivity index (χ3v) is 5.34. The summed E-state index contributed by atoms with van der Waals surface area (Å²) in [5.74, 6) is 0.507. The van der Waals surface area contributed by atoms with Crippen LogP contribution >= 0.6 is 12.4 Å². The van der Waals surface area contributed by atoms with Crippen molar-refractivity contribution in [2.75, 3.05) is 19.7 Å². The summed E-state index contributed by atoms with van der Waals surface area (Å²) in [5, 5.41) is 7.16. The summed E-state index contributed by atoms with van der Waals surface area (Å²) in [6, 6.07) is 13.7. The molecule has 0 spiro atoms. The van der Waals surface area contributed by atoms with E-state index < -0.39 is 11.7 Å². The van der Waals surface area contributed by atoms with Crippen molar-refractivity contribution in [2.45, 2.75) is 37.8 Å². The van der Waals surface area contributed by atoms with Gasteiger partial charge in [0.1, 0.15) is 5.75 Å². The molecule has 1 N–H and O–H groups in total. The zero-order valence-corrected chi connectivity index (χ0v) is 18.2. The molecule has 1 saturated heterocycles. The summed E-state index contributed by atoms with van der Waals surface area (Å²) in [5.41, 5.74) is 0.539. The van der Waals surface area contributed by atoms with Crippen LogP contribution in [0.25, 0.3) is 11.4 Å². The van der Waals surface area contributed by atoms with E-state index in [1.54, 1.807) is 0 Å². The molecular weight excluding hydrogens is 443 g/mol. The maximum absolute atomic E-state index is 13.7. The molecule has 1 fully saturated rings. The molecule has 0 unspecified atom stereocenters. The number of ether oxygens (including phenoxy) is 1. The van der Waals surface area contributed by atoms with Crippen molar-refractivity contribution in [1.82, 2.24) is 15.5 Å². The zero-order valence-electron chi connectivity index (χ0n) is 17.4.